The first-order valence-corrected chi connectivity index (χ1v) is 6.73. The number of nitrogens with two attached hydrogens (primary N) is 1. The molecule has 2 rings (SSSR count). The van der Waals surface area contributed by atoms with Gasteiger partial charge in [-0.25, -0.2) is 0 Å². The summed E-state index contributed by atoms with van der Waals surface area (Å²) in [6.07, 6.45) is 3.50. The molecule has 0 radical (unpaired) electrons. The molecule has 0 bridgehead atoms. The highest BCUT2D eigenvalue weighted by molar-refractivity contribution is 5.29. The Bertz CT molecular complexity index is 448. The third-order valence-corrected chi connectivity index (χ3v) is 3.54. The van der Waals surface area contributed by atoms with Gasteiger partial charge in [-0.15, -0.1) is 0 Å². The first-order valence-electron chi connectivity index (χ1n) is 6.73. The van der Waals surface area contributed by atoms with Crippen LogP contribution in [0.2, 0.25) is 0 Å². The van der Waals surface area contributed by atoms with Crippen molar-refractivity contribution in [2.45, 2.75) is 46.1 Å². The standard InChI is InChI=1S/C14H23N3O2/c1-9-5-10(8-14(2,3)7-9)19-12-6-11(18-4)16-13(15)17-12/h6,9-10H,5,7-8H2,1-4H3,(H2,15,16,17). The van der Waals surface area contributed by atoms with Crippen LogP contribution in [-0.2, 0) is 0 Å². The summed E-state index contributed by atoms with van der Waals surface area (Å²) in [5.74, 6) is 1.78. The molecule has 5 nitrogen and oxygen atoms in total. The van der Waals surface area contributed by atoms with Gasteiger partial charge in [0, 0.05) is 0 Å². The number of methoxy groups -OCH3 is 1. The van der Waals surface area contributed by atoms with Gasteiger partial charge in [-0.3, -0.25) is 0 Å². The van der Waals surface area contributed by atoms with Crippen LogP contribution < -0.4 is 15.2 Å². The van der Waals surface area contributed by atoms with E-state index in [1.165, 1.54) is 6.42 Å². The monoisotopic (exact) mass is 265 g/mol. The lowest BCUT2D eigenvalue weighted by Gasteiger charge is -2.38. The summed E-state index contributed by atoms with van der Waals surface area (Å²) in [6.45, 7) is 6.84. The van der Waals surface area contributed by atoms with Crippen molar-refractivity contribution in [3.05, 3.63) is 6.07 Å². The van der Waals surface area contributed by atoms with Crippen LogP contribution in [0, 0.1) is 11.3 Å². The van der Waals surface area contributed by atoms with E-state index in [9.17, 15) is 0 Å². The number of ether oxygens (including phenoxy) is 2. The maximum absolute atomic E-state index is 5.97. The molecular formula is C14H23N3O2. The van der Waals surface area contributed by atoms with Gasteiger partial charge in [-0.2, -0.15) is 9.97 Å². The third kappa shape index (κ3) is 3.72. The normalized spacial score (nSPS) is 25.9. The van der Waals surface area contributed by atoms with Crippen molar-refractivity contribution >= 4 is 5.95 Å². The Morgan fingerprint density at radius 3 is 2.58 bits per heavy atom. The van der Waals surface area contributed by atoms with Crippen LogP contribution in [0.4, 0.5) is 5.95 Å². The van der Waals surface area contributed by atoms with E-state index >= 15 is 0 Å². The Kier molecular flexibility index (Phi) is 3.83. The molecule has 19 heavy (non-hydrogen) atoms. The summed E-state index contributed by atoms with van der Waals surface area (Å²) in [5, 5.41) is 0. The van der Waals surface area contributed by atoms with Crippen molar-refractivity contribution in [2.75, 3.05) is 12.8 Å². The summed E-state index contributed by atoms with van der Waals surface area (Å²) in [5.41, 5.74) is 5.95. The van der Waals surface area contributed by atoms with Crippen molar-refractivity contribution in [3.63, 3.8) is 0 Å². The van der Waals surface area contributed by atoms with Crippen LogP contribution >= 0.6 is 0 Å². The van der Waals surface area contributed by atoms with Crippen LogP contribution in [0.5, 0.6) is 11.8 Å². The van der Waals surface area contributed by atoms with E-state index in [0.29, 0.717) is 23.1 Å². The first-order chi connectivity index (χ1) is 8.88. The zero-order chi connectivity index (χ0) is 14.0. The van der Waals surface area contributed by atoms with Crippen LogP contribution in [-0.4, -0.2) is 23.2 Å². The lowest BCUT2D eigenvalue weighted by molar-refractivity contribution is 0.0531. The Morgan fingerprint density at radius 1 is 1.26 bits per heavy atom. The molecule has 0 spiro atoms. The highest BCUT2D eigenvalue weighted by Crippen LogP contribution is 2.39. The van der Waals surface area contributed by atoms with E-state index in [-0.39, 0.29) is 12.1 Å². The average Bonchev–Trinajstić information content (AvgIpc) is 2.24. The van der Waals surface area contributed by atoms with Crippen LogP contribution in [0.15, 0.2) is 6.07 Å². The maximum Gasteiger partial charge on any atom is 0.226 e. The van der Waals surface area contributed by atoms with Gasteiger partial charge in [0.25, 0.3) is 0 Å². The summed E-state index contributed by atoms with van der Waals surface area (Å²) in [6, 6.07) is 1.68. The van der Waals surface area contributed by atoms with E-state index in [1.807, 2.05) is 0 Å². The van der Waals surface area contributed by atoms with Gasteiger partial charge >= 0.3 is 0 Å². The van der Waals surface area contributed by atoms with E-state index in [0.717, 1.165) is 12.8 Å². The molecular weight excluding hydrogens is 242 g/mol. The summed E-state index contributed by atoms with van der Waals surface area (Å²) in [4.78, 5) is 8.07. The number of hydrogen-bond donors (Lipinski definition) is 1. The highest BCUT2D eigenvalue weighted by atomic mass is 16.5. The molecule has 1 heterocycles. The third-order valence-electron chi connectivity index (χ3n) is 3.54. The topological polar surface area (TPSA) is 70.3 Å². The molecule has 1 aliphatic rings. The minimum absolute atomic E-state index is 0.178. The Hall–Kier alpha value is -1.52. The molecule has 0 aliphatic heterocycles. The van der Waals surface area contributed by atoms with Crippen molar-refractivity contribution in [2.24, 2.45) is 11.3 Å². The van der Waals surface area contributed by atoms with Gasteiger partial charge in [0.15, 0.2) is 0 Å². The maximum atomic E-state index is 5.97. The quantitative estimate of drug-likeness (QED) is 0.909. The molecule has 0 amide bonds. The molecule has 0 aromatic carbocycles. The molecule has 5 heteroatoms. The highest BCUT2D eigenvalue weighted by Gasteiger charge is 2.33. The predicted molar refractivity (Wildman–Crippen MR) is 74.2 cm³/mol. The van der Waals surface area contributed by atoms with Gasteiger partial charge in [0.2, 0.25) is 17.7 Å². The summed E-state index contributed by atoms with van der Waals surface area (Å²) < 4.78 is 11.0. The second-order valence-electron chi connectivity index (χ2n) is 6.26. The Labute approximate surface area is 114 Å². The number of nitrogen functional groups attached to an aromatic ring is 1. The minimum atomic E-state index is 0.178. The van der Waals surface area contributed by atoms with Crippen molar-refractivity contribution in [3.8, 4) is 11.8 Å². The van der Waals surface area contributed by atoms with Gasteiger partial charge < -0.3 is 15.2 Å². The van der Waals surface area contributed by atoms with Gasteiger partial charge in [0.1, 0.15) is 6.10 Å². The minimum Gasteiger partial charge on any atom is -0.481 e. The molecule has 1 saturated carbocycles. The molecule has 1 aromatic rings. The fourth-order valence-electron chi connectivity index (χ4n) is 3.10. The second-order valence-corrected chi connectivity index (χ2v) is 6.26. The van der Waals surface area contributed by atoms with E-state index in [1.54, 1.807) is 13.2 Å². The Balaban J connectivity index is 2.10. The van der Waals surface area contributed by atoms with Crippen molar-refractivity contribution < 1.29 is 9.47 Å². The van der Waals surface area contributed by atoms with E-state index < -0.39 is 0 Å². The van der Waals surface area contributed by atoms with Crippen molar-refractivity contribution in [1.29, 1.82) is 0 Å². The largest absolute Gasteiger partial charge is 0.481 e. The lowest BCUT2D eigenvalue weighted by atomic mass is 9.71. The number of hydrogen-bond acceptors (Lipinski definition) is 5. The SMILES string of the molecule is COc1cc(OC2CC(C)CC(C)(C)C2)nc(N)n1. The smallest absolute Gasteiger partial charge is 0.226 e. The number of rotatable bonds is 3. The molecule has 1 aliphatic carbocycles. The van der Waals surface area contributed by atoms with E-state index in [2.05, 4.69) is 30.7 Å². The Morgan fingerprint density at radius 2 is 1.95 bits per heavy atom. The molecule has 106 valence electrons. The number of aromatic nitrogens is 2. The van der Waals surface area contributed by atoms with Crippen LogP contribution in [0.3, 0.4) is 0 Å². The predicted octanol–water partition coefficient (Wildman–Crippen LogP) is 2.66. The fraction of sp³-hybridized carbons (Fsp3) is 0.714. The number of anilines is 1. The number of nitrogens with zero attached hydrogens (tertiary/aromatic N) is 2. The summed E-state index contributed by atoms with van der Waals surface area (Å²) >= 11 is 0. The lowest BCUT2D eigenvalue weighted by Crippen LogP contribution is -2.34. The van der Waals surface area contributed by atoms with Gasteiger partial charge in [-0.05, 0) is 30.6 Å². The van der Waals surface area contributed by atoms with E-state index in [4.69, 9.17) is 15.2 Å². The zero-order valence-electron chi connectivity index (χ0n) is 12.1. The summed E-state index contributed by atoms with van der Waals surface area (Å²) in [7, 11) is 1.55. The first kappa shape index (κ1) is 13.9. The van der Waals surface area contributed by atoms with Gasteiger partial charge in [0.05, 0.1) is 13.2 Å². The molecule has 1 aromatic heterocycles. The zero-order valence-corrected chi connectivity index (χ0v) is 12.1. The fourth-order valence-corrected chi connectivity index (χ4v) is 3.10. The molecule has 0 saturated heterocycles. The molecule has 2 N–H and O–H groups in total. The van der Waals surface area contributed by atoms with Crippen LogP contribution in [0.1, 0.15) is 40.0 Å². The molecule has 1 fully saturated rings. The second kappa shape index (κ2) is 5.23. The molecule has 2 atom stereocenters. The van der Waals surface area contributed by atoms with Crippen LogP contribution in [0.25, 0.3) is 0 Å². The molecule has 2 unspecified atom stereocenters. The van der Waals surface area contributed by atoms with Gasteiger partial charge in [-0.1, -0.05) is 20.8 Å². The average molecular weight is 265 g/mol. The van der Waals surface area contributed by atoms with Crippen molar-refractivity contribution in [1.82, 2.24) is 9.97 Å².